The smallest absolute Gasteiger partial charge is 0.262 e. The van der Waals surface area contributed by atoms with Crippen LogP contribution in [0.25, 0.3) is 0 Å². The Morgan fingerprint density at radius 3 is 2.59 bits per heavy atom. The van der Waals surface area contributed by atoms with Gasteiger partial charge in [0.05, 0.1) is 11.7 Å². The molecule has 0 aliphatic carbocycles. The van der Waals surface area contributed by atoms with Crippen molar-refractivity contribution in [2.75, 3.05) is 18.4 Å². The second-order valence-corrected chi connectivity index (χ2v) is 8.98. The molecule has 1 saturated heterocycles. The van der Waals surface area contributed by atoms with Crippen molar-refractivity contribution in [3.05, 3.63) is 59.9 Å². The lowest BCUT2D eigenvalue weighted by atomic mass is 10.1. The lowest BCUT2D eigenvalue weighted by molar-refractivity contribution is -0.121. The molecule has 0 radical (unpaired) electrons. The van der Waals surface area contributed by atoms with Gasteiger partial charge in [0.25, 0.3) is 11.8 Å². The molecule has 1 fully saturated rings. The number of amidine groups is 1. The van der Waals surface area contributed by atoms with E-state index in [4.69, 9.17) is 0 Å². The number of hydrogen-bond donors (Lipinski definition) is 2. The molecule has 3 amide bonds. The summed E-state index contributed by atoms with van der Waals surface area (Å²) in [5.74, 6) is -0.726. The molecule has 1 aromatic carbocycles. The summed E-state index contributed by atoms with van der Waals surface area (Å²) >= 11 is 1.37. The summed E-state index contributed by atoms with van der Waals surface area (Å²) in [6.45, 7) is 3.70. The number of amides is 3. The average molecular weight is 452 g/mol. The minimum absolute atomic E-state index is 0.0637. The fraction of sp³-hybridized carbons (Fsp3) is 0.348. The minimum atomic E-state index is -0.483. The van der Waals surface area contributed by atoms with Crippen LogP contribution in [0.3, 0.4) is 0 Å². The quantitative estimate of drug-likeness (QED) is 0.700. The predicted molar refractivity (Wildman–Crippen MR) is 124 cm³/mol. The van der Waals surface area contributed by atoms with Crippen LogP contribution in [0.4, 0.5) is 5.69 Å². The number of aromatic nitrogens is 1. The van der Waals surface area contributed by atoms with Gasteiger partial charge in [0, 0.05) is 37.0 Å². The first-order chi connectivity index (χ1) is 15.5. The maximum absolute atomic E-state index is 12.5. The second kappa shape index (κ2) is 9.95. The molecule has 2 aromatic rings. The van der Waals surface area contributed by atoms with Crippen LogP contribution in [-0.2, 0) is 9.59 Å². The van der Waals surface area contributed by atoms with E-state index in [0.29, 0.717) is 11.3 Å². The number of nitrogens with zero attached hydrogens (tertiary/aromatic N) is 3. The Labute approximate surface area is 190 Å². The van der Waals surface area contributed by atoms with Gasteiger partial charge in [0.15, 0.2) is 5.17 Å². The van der Waals surface area contributed by atoms with Crippen molar-refractivity contribution in [1.82, 2.24) is 15.2 Å². The van der Waals surface area contributed by atoms with Crippen LogP contribution in [0.1, 0.15) is 48.3 Å². The molecule has 32 heavy (non-hydrogen) atoms. The van der Waals surface area contributed by atoms with E-state index in [1.165, 1.54) is 11.8 Å². The first kappa shape index (κ1) is 22.0. The summed E-state index contributed by atoms with van der Waals surface area (Å²) in [6, 6.07) is 12.0. The highest BCUT2D eigenvalue weighted by molar-refractivity contribution is 8.15. The van der Waals surface area contributed by atoms with Gasteiger partial charge in [-0.2, -0.15) is 4.99 Å². The SMILES string of the molecule is C[C@H](NC(=O)c1ccc(NC(=O)C[C@H]2SC(N3CCCC3)=NC2=O)cc1)c1ccccn1. The summed E-state index contributed by atoms with van der Waals surface area (Å²) in [4.78, 5) is 47.6. The van der Waals surface area contributed by atoms with Gasteiger partial charge in [-0.25, -0.2) is 0 Å². The van der Waals surface area contributed by atoms with Crippen molar-refractivity contribution in [2.24, 2.45) is 4.99 Å². The van der Waals surface area contributed by atoms with Gasteiger partial charge < -0.3 is 15.5 Å². The third kappa shape index (κ3) is 5.34. The van der Waals surface area contributed by atoms with E-state index in [2.05, 4.69) is 25.5 Å². The Hall–Kier alpha value is -3.20. The molecule has 2 aliphatic heterocycles. The van der Waals surface area contributed by atoms with Gasteiger partial charge in [-0.15, -0.1) is 0 Å². The Morgan fingerprint density at radius 2 is 1.91 bits per heavy atom. The molecule has 2 aliphatic rings. The molecule has 2 N–H and O–H groups in total. The molecule has 4 rings (SSSR count). The van der Waals surface area contributed by atoms with E-state index in [9.17, 15) is 14.4 Å². The number of rotatable bonds is 6. The van der Waals surface area contributed by atoms with E-state index < -0.39 is 5.25 Å². The zero-order valence-corrected chi connectivity index (χ0v) is 18.6. The monoisotopic (exact) mass is 451 g/mol. The molecule has 1 aromatic heterocycles. The fourth-order valence-electron chi connectivity index (χ4n) is 3.62. The van der Waals surface area contributed by atoms with E-state index >= 15 is 0 Å². The number of aliphatic imine (C=N–C) groups is 1. The number of pyridine rings is 1. The Morgan fingerprint density at radius 1 is 1.16 bits per heavy atom. The number of carbonyl (C=O) groups is 3. The van der Waals surface area contributed by atoms with Gasteiger partial charge in [-0.05, 0) is 56.2 Å². The highest BCUT2D eigenvalue weighted by Crippen LogP contribution is 2.29. The second-order valence-electron chi connectivity index (χ2n) is 7.81. The summed E-state index contributed by atoms with van der Waals surface area (Å²) in [6.07, 6.45) is 3.96. The van der Waals surface area contributed by atoms with E-state index in [0.717, 1.165) is 36.8 Å². The van der Waals surface area contributed by atoms with Crippen molar-refractivity contribution < 1.29 is 14.4 Å². The molecule has 0 saturated carbocycles. The highest BCUT2D eigenvalue weighted by atomic mass is 32.2. The molecule has 0 bridgehead atoms. The lowest BCUT2D eigenvalue weighted by Crippen LogP contribution is -2.27. The zero-order valence-electron chi connectivity index (χ0n) is 17.8. The lowest BCUT2D eigenvalue weighted by Gasteiger charge is -2.16. The first-order valence-electron chi connectivity index (χ1n) is 10.7. The number of benzene rings is 1. The summed E-state index contributed by atoms with van der Waals surface area (Å²) < 4.78 is 0. The maximum atomic E-state index is 12.5. The molecule has 2 atom stereocenters. The molecular formula is C23H25N5O3S. The van der Waals surface area contributed by atoms with Crippen molar-refractivity contribution in [3.8, 4) is 0 Å². The normalized spacial score (nSPS) is 18.9. The van der Waals surface area contributed by atoms with Gasteiger partial charge in [0.2, 0.25) is 5.91 Å². The van der Waals surface area contributed by atoms with Crippen LogP contribution in [0, 0.1) is 0 Å². The van der Waals surface area contributed by atoms with Gasteiger partial charge in [0.1, 0.15) is 5.25 Å². The molecule has 9 heteroatoms. The van der Waals surface area contributed by atoms with E-state index in [1.807, 2.05) is 25.1 Å². The third-order valence-corrected chi connectivity index (χ3v) is 6.60. The standard InChI is InChI=1S/C23H25N5O3S/c1-15(18-6-2-3-11-24-18)25-21(30)16-7-9-17(10-8-16)26-20(29)14-19-22(31)27-23(32-19)28-12-4-5-13-28/h2-3,6-11,15,19H,4-5,12-14H2,1H3,(H,25,30)(H,26,29)/t15-,19+/m0/s1. The third-order valence-electron chi connectivity index (χ3n) is 5.39. The Kier molecular flexibility index (Phi) is 6.84. The van der Waals surface area contributed by atoms with Gasteiger partial charge in [-0.3, -0.25) is 19.4 Å². The number of nitrogens with one attached hydrogen (secondary N) is 2. The molecule has 166 valence electrons. The summed E-state index contributed by atoms with van der Waals surface area (Å²) in [7, 11) is 0. The number of carbonyl (C=O) groups excluding carboxylic acids is 3. The van der Waals surface area contributed by atoms with E-state index in [1.54, 1.807) is 30.5 Å². The molecular weight excluding hydrogens is 426 g/mol. The topological polar surface area (TPSA) is 104 Å². The van der Waals surface area contributed by atoms with E-state index in [-0.39, 0.29) is 30.2 Å². The van der Waals surface area contributed by atoms with Crippen molar-refractivity contribution in [2.45, 2.75) is 37.5 Å². The van der Waals surface area contributed by atoms with Crippen LogP contribution < -0.4 is 10.6 Å². The highest BCUT2D eigenvalue weighted by Gasteiger charge is 2.33. The number of thioether (sulfide) groups is 1. The van der Waals surface area contributed by atoms with Crippen LogP contribution in [0.2, 0.25) is 0 Å². The number of hydrogen-bond acceptors (Lipinski definition) is 6. The maximum Gasteiger partial charge on any atom is 0.262 e. The predicted octanol–water partition coefficient (Wildman–Crippen LogP) is 3.00. The largest absolute Gasteiger partial charge is 0.351 e. The fourth-order valence-corrected chi connectivity index (χ4v) is 4.74. The van der Waals surface area contributed by atoms with Crippen LogP contribution >= 0.6 is 11.8 Å². The van der Waals surface area contributed by atoms with Gasteiger partial charge in [-0.1, -0.05) is 17.8 Å². The summed E-state index contributed by atoms with van der Waals surface area (Å²) in [5, 5.41) is 5.96. The Bertz CT molecular complexity index is 1020. The average Bonchev–Trinajstić information content (AvgIpc) is 3.45. The Balaban J connectivity index is 1.27. The molecule has 8 nitrogen and oxygen atoms in total. The van der Waals surface area contributed by atoms with Crippen molar-refractivity contribution in [3.63, 3.8) is 0 Å². The van der Waals surface area contributed by atoms with Crippen LogP contribution in [0.5, 0.6) is 0 Å². The van der Waals surface area contributed by atoms with Crippen molar-refractivity contribution >= 4 is 40.3 Å². The number of anilines is 1. The summed E-state index contributed by atoms with van der Waals surface area (Å²) in [5.41, 5.74) is 1.83. The van der Waals surface area contributed by atoms with Crippen LogP contribution in [0.15, 0.2) is 53.7 Å². The molecule has 3 heterocycles. The van der Waals surface area contributed by atoms with Crippen LogP contribution in [-0.4, -0.2) is 51.1 Å². The minimum Gasteiger partial charge on any atom is -0.351 e. The van der Waals surface area contributed by atoms with Gasteiger partial charge >= 0.3 is 0 Å². The van der Waals surface area contributed by atoms with Crippen molar-refractivity contribution in [1.29, 1.82) is 0 Å². The zero-order chi connectivity index (χ0) is 22.5. The molecule has 0 spiro atoms. The molecule has 0 unspecified atom stereocenters. The first-order valence-corrected chi connectivity index (χ1v) is 11.5. The number of likely N-dealkylation sites (tertiary alicyclic amines) is 1.